The van der Waals surface area contributed by atoms with Crippen molar-refractivity contribution in [2.75, 3.05) is 18.4 Å². The average Bonchev–Trinajstić information content (AvgIpc) is 2.73. The van der Waals surface area contributed by atoms with Crippen molar-refractivity contribution in [2.45, 2.75) is 32.7 Å². The molecule has 0 radical (unpaired) electrons. The molecule has 1 atom stereocenters. The standard InChI is InChI=1S/C16H22N2OS/c1-5-7-18-8-6-11(2)9-14(18)16(19)17-15-12(3)10-20-13(15)4/h5,10,14H,1-2,6-9H2,3-4H3,(H,17,19). The van der Waals surface area contributed by atoms with Gasteiger partial charge < -0.3 is 5.32 Å². The number of likely N-dealkylation sites (tertiary alicyclic amines) is 1. The lowest BCUT2D eigenvalue weighted by Crippen LogP contribution is -2.47. The van der Waals surface area contributed by atoms with Crippen LogP contribution in [0.25, 0.3) is 0 Å². The molecule has 1 aromatic heterocycles. The largest absolute Gasteiger partial charge is 0.323 e. The Labute approximate surface area is 125 Å². The Morgan fingerprint density at radius 3 is 2.95 bits per heavy atom. The lowest BCUT2D eigenvalue weighted by atomic mass is 9.97. The van der Waals surface area contributed by atoms with E-state index in [0.29, 0.717) is 0 Å². The van der Waals surface area contributed by atoms with Crippen molar-refractivity contribution in [1.82, 2.24) is 4.90 Å². The molecular formula is C16H22N2OS. The molecule has 0 aromatic carbocycles. The van der Waals surface area contributed by atoms with Crippen molar-refractivity contribution in [2.24, 2.45) is 0 Å². The predicted molar refractivity (Wildman–Crippen MR) is 86.4 cm³/mol. The van der Waals surface area contributed by atoms with Gasteiger partial charge in [0.2, 0.25) is 5.91 Å². The first-order valence-corrected chi connectivity index (χ1v) is 7.78. The van der Waals surface area contributed by atoms with Crippen LogP contribution in [0.3, 0.4) is 0 Å². The predicted octanol–water partition coefficient (Wildman–Crippen LogP) is 3.51. The molecule has 4 heteroatoms. The summed E-state index contributed by atoms with van der Waals surface area (Å²) < 4.78 is 0. The van der Waals surface area contributed by atoms with E-state index in [1.54, 1.807) is 11.3 Å². The van der Waals surface area contributed by atoms with Crippen molar-refractivity contribution in [3.63, 3.8) is 0 Å². The summed E-state index contributed by atoms with van der Waals surface area (Å²) in [7, 11) is 0. The zero-order chi connectivity index (χ0) is 14.7. The number of carbonyl (C=O) groups is 1. The number of hydrogen-bond acceptors (Lipinski definition) is 3. The maximum Gasteiger partial charge on any atom is 0.242 e. The van der Waals surface area contributed by atoms with E-state index in [2.05, 4.69) is 28.8 Å². The molecule has 20 heavy (non-hydrogen) atoms. The number of carbonyl (C=O) groups excluding carboxylic acids is 1. The smallest absolute Gasteiger partial charge is 0.242 e. The Bertz CT molecular complexity index is 513. The molecule has 108 valence electrons. The maximum atomic E-state index is 12.6. The third kappa shape index (κ3) is 3.19. The molecule has 0 bridgehead atoms. The minimum atomic E-state index is -0.132. The summed E-state index contributed by atoms with van der Waals surface area (Å²) in [6.45, 7) is 13.5. The number of rotatable bonds is 4. The second-order valence-electron chi connectivity index (χ2n) is 5.34. The van der Waals surface area contributed by atoms with Crippen LogP contribution in [0.15, 0.2) is 30.2 Å². The van der Waals surface area contributed by atoms with Crippen LogP contribution in [0.2, 0.25) is 0 Å². The van der Waals surface area contributed by atoms with E-state index in [1.165, 1.54) is 0 Å². The zero-order valence-electron chi connectivity index (χ0n) is 12.2. The fourth-order valence-electron chi connectivity index (χ4n) is 2.57. The number of hydrogen-bond donors (Lipinski definition) is 1. The number of piperidine rings is 1. The van der Waals surface area contributed by atoms with Crippen LogP contribution in [-0.2, 0) is 4.79 Å². The number of aryl methyl sites for hydroxylation is 2. The molecule has 1 amide bonds. The Balaban J connectivity index is 2.13. The van der Waals surface area contributed by atoms with E-state index in [0.717, 1.165) is 47.6 Å². The summed E-state index contributed by atoms with van der Waals surface area (Å²) in [6, 6.07) is -0.132. The lowest BCUT2D eigenvalue weighted by molar-refractivity contribution is -0.121. The first-order chi connectivity index (χ1) is 9.52. The number of thiophene rings is 1. The highest BCUT2D eigenvalue weighted by atomic mass is 32.1. The van der Waals surface area contributed by atoms with Crippen LogP contribution in [0.4, 0.5) is 5.69 Å². The van der Waals surface area contributed by atoms with Crippen molar-refractivity contribution >= 4 is 22.9 Å². The first kappa shape index (κ1) is 15.0. The Morgan fingerprint density at radius 1 is 1.60 bits per heavy atom. The van der Waals surface area contributed by atoms with E-state index < -0.39 is 0 Å². The topological polar surface area (TPSA) is 32.3 Å². The summed E-state index contributed by atoms with van der Waals surface area (Å²) >= 11 is 1.67. The number of nitrogens with one attached hydrogen (secondary N) is 1. The van der Waals surface area contributed by atoms with Crippen LogP contribution in [-0.4, -0.2) is 29.9 Å². The van der Waals surface area contributed by atoms with Gasteiger partial charge in [-0.25, -0.2) is 0 Å². The molecule has 2 heterocycles. The molecule has 3 nitrogen and oxygen atoms in total. The highest BCUT2D eigenvalue weighted by Crippen LogP contribution is 2.28. The molecule has 0 aliphatic carbocycles. The molecular weight excluding hydrogens is 268 g/mol. The van der Waals surface area contributed by atoms with E-state index >= 15 is 0 Å². The molecule has 1 aliphatic rings. The molecule has 1 N–H and O–H groups in total. The van der Waals surface area contributed by atoms with Gasteiger partial charge in [-0.05, 0) is 37.6 Å². The molecule has 1 saturated heterocycles. The third-order valence-corrected chi connectivity index (χ3v) is 4.78. The lowest BCUT2D eigenvalue weighted by Gasteiger charge is -2.34. The fourth-order valence-corrected chi connectivity index (χ4v) is 3.37. The Kier molecular flexibility index (Phi) is 4.78. The zero-order valence-corrected chi connectivity index (χ0v) is 13.1. The molecule has 1 fully saturated rings. The summed E-state index contributed by atoms with van der Waals surface area (Å²) in [6.07, 6.45) is 3.56. The molecule has 0 spiro atoms. The van der Waals surface area contributed by atoms with Gasteiger partial charge in [-0.2, -0.15) is 0 Å². The average molecular weight is 290 g/mol. The summed E-state index contributed by atoms with van der Waals surface area (Å²) in [5, 5.41) is 5.17. The first-order valence-electron chi connectivity index (χ1n) is 6.90. The SMILES string of the molecule is C=CCN1CCC(=C)CC1C(=O)Nc1c(C)csc1C. The van der Waals surface area contributed by atoms with E-state index in [9.17, 15) is 4.79 Å². The highest BCUT2D eigenvalue weighted by Gasteiger charge is 2.29. The van der Waals surface area contributed by atoms with Crippen molar-refractivity contribution in [1.29, 1.82) is 0 Å². The van der Waals surface area contributed by atoms with Gasteiger partial charge in [0.1, 0.15) is 0 Å². The van der Waals surface area contributed by atoms with Crippen LogP contribution in [0, 0.1) is 13.8 Å². The normalized spacial score (nSPS) is 19.9. The monoisotopic (exact) mass is 290 g/mol. The molecule has 1 aliphatic heterocycles. The maximum absolute atomic E-state index is 12.6. The van der Waals surface area contributed by atoms with Gasteiger partial charge >= 0.3 is 0 Å². The third-order valence-electron chi connectivity index (χ3n) is 3.75. The minimum Gasteiger partial charge on any atom is -0.323 e. The molecule has 1 unspecified atom stereocenters. The molecule has 1 aromatic rings. The Morgan fingerprint density at radius 2 is 2.35 bits per heavy atom. The van der Waals surface area contributed by atoms with Gasteiger partial charge in [-0.1, -0.05) is 18.2 Å². The van der Waals surface area contributed by atoms with Crippen LogP contribution < -0.4 is 5.32 Å². The van der Waals surface area contributed by atoms with Gasteiger partial charge in [-0.15, -0.1) is 17.9 Å². The second-order valence-corrected chi connectivity index (χ2v) is 6.43. The van der Waals surface area contributed by atoms with Gasteiger partial charge in [0.25, 0.3) is 0 Å². The van der Waals surface area contributed by atoms with Gasteiger partial charge in [0.15, 0.2) is 0 Å². The van der Waals surface area contributed by atoms with E-state index in [4.69, 9.17) is 0 Å². The van der Waals surface area contributed by atoms with Gasteiger partial charge in [0.05, 0.1) is 11.7 Å². The quantitative estimate of drug-likeness (QED) is 0.861. The Hall–Kier alpha value is -1.39. The van der Waals surface area contributed by atoms with Crippen molar-refractivity contribution in [3.05, 3.63) is 40.6 Å². The van der Waals surface area contributed by atoms with E-state index in [-0.39, 0.29) is 11.9 Å². The van der Waals surface area contributed by atoms with Gasteiger partial charge in [0, 0.05) is 18.0 Å². The second kappa shape index (κ2) is 6.37. The highest BCUT2D eigenvalue weighted by molar-refractivity contribution is 7.10. The fraction of sp³-hybridized carbons (Fsp3) is 0.438. The van der Waals surface area contributed by atoms with Crippen LogP contribution in [0.5, 0.6) is 0 Å². The van der Waals surface area contributed by atoms with Crippen LogP contribution in [0.1, 0.15) is 23.3 Å². The van der Waals surface area contributed by atoms with Gasteiger partial charge in [-0.3, -0.25) is 9.69 Å². The molecule has 2 rings (SSSR count). The summed E-state index contributed by atoms with van der Waals surface area (Å²) in [5.74, 6) is 0.0669. The summed E-state index contributed by atoms with van der Waals surface area (Å²) in [5.41, 5.74) is 3.25. The van der Waals surface area contributed by atoms with Crippen molar-refractivity contribution < 1.29 is 4.79 Å². The number of amides is 1. The van der Waals surface area contributed by atoms with Crippen molar-refractivity contribution in [3.8, 4) is 0 Å². The minimum absolute atomic E-state index is 0.0669. The van der Waals surface area contributed by atoms with Crippen LogP contribution >= 0.6 is 11.3 Å². The number of nitrogens with zero attached hydrogens (tertiary/aromatic N) is 1. The molecule has 0 saturated carbocycles. The van der Waals surface area contributed by atoms with E-state index in [1.807, 2.05) is 19.9 Å². The summed E-state index contributed by atoms with van der Waals surface area (Å²) in [4.78, 5) is 15.9. The number of anilines is 1.